The van der Waals surface area contributed by atoms with Crippen LogP contribution in [0.5, 0.6) is 0 Å². The number of nitrogens with zero attached hydrogens (tertiary/aromatic N) is 5. The molecule has 2 saturated heterocycles. The van der Waals surface area contributed by atoms with Crippen molar-refractivity contribution in [1.29, 1.82) is 0 Å². The third-order valence-corrected chi connectivity index (χ3v) is 8.63. The van der Waals surface area contributed by atoms with E-state index >= 15 is 0 Å². The van der Waals surface area contributed by atoms with E-state index in [1.54, 1.807) is 22.6 Å². The molecular weight excluding hydrogens is 438 g/mol. The maximum atomic E-state index is 13.3. The van der Waals surface area contributed by atoms with Crippen LogP contribution in [0.15, 0.2) is 59.8 Å². The van der Waals surface area contributed by atoms with Gasteiger partial charge in [0.25, 0.3) is 0 Å². The molecule has 1 amide bonds. The topological polar surface area (TPSA) is 78.8 Å². The highest BCUT2D eigenvalue weighted by Gasteiger charge is 2.29. The number of benzene rings is 1. The maximum absolute atomic E-state index is 13.3. The molecule has 8 nitrogen and oxygen atoms in total. The highest BCUT2D eigenvalue weighted by Crippen LogP contribution is 2.27. The molecule has 0 spiro atoms. The fourth-order valence-corrected chi connectivity index (χ4v) is 6.35. The minimum atomic E-state index is -3.46. The molecule has 2 aromatic heterocycles. The quantitative estimate of drug-likeness (QED) is 0.577. The van der Waals surface area contributed by atoms with Gasteiger partial charge in [-0.05, 0) is 56.2 Å². The van der Waals surface area contributed by atoms with E-state index in [-0.39, 0.29) is 11.9 Å². The van der Waals surface area contributed by atoms with E-state index in [1.807, 2.05) is 52.9 Å². The molecule has 9 heteroatoms. The number of rotatable bonds is 5. The van der Waals surface area contributed by atoms with Gasteiger partial charge in [0.15, 0.2) is 0 Å². The molecular formula is C24H29N5O3S. The molecule has 5 rings (SSSR count). The van der Waals surface area contributed by atoms with Gasteiger partial charge in [-0.15, -0.1) is 0 Å². The third-order valence-electron chi connectivity index (χ3n) is 6.73. The Labute approximate surface area is 194 Å². The van der Waals surface area contributed by atoms with E-state index in [9.17, 15) is 13.2 Å². The number of anilines is 1. The van der Waals surface area contributed by atoms with Gasteiger partial charge < -0.3 is 14.4 Å². The summed E-state index contributed by atoms with van der Waals surface area (Å²) in [6.07, 6.45) is 5.48. The monoisotopic (exact) mass is 467 g/mol. The second-order valence-electron chi connectivity index (χ2n) is 8.73. The largest absolute Gasteiger partial charge is 0.353 e. The first-order chi connectivity index (χ1) is 15.9. The first kappa shape index (κ1) is 21.9. The second-order valence-corrected chi connectivity index (χ2v) is 10.7. The lowest BCUT2D eigenvalue weighted by atomic mass is 10.2. The predicted molar refractivity (Wildman–Crippen MR) is 128 cm³/mol. The van der Waals surface area contributed by atoms with Gasteiger partial charge in [0.2, 0.25) is 15.9 Å². The van der Waals surface area contributed by atoms with Gasteiger partial charge in [0, 0.05) is 62.6 Å². The Balaban J connectivity index is 1.30. The molecule has 2 aliphatic rings. The van der Waals surface area contributed by atoms with Crippen molar-refractivity contribution in [3.8, 4) is 0 Å². The number of hydrogen-bond donors (Lipinski definition) is 0. The molecule has 0 bridgehead atoms. The van der Waals surface area contributed by atoms with Crippen molar-refractivity contribution in [2.45, 2.75) is 30.7 Å². The van der Waals surface area contributed by atoms with Gasteiger partial charge in [-0.1, -0.05) is 6.07 Å². The molecule has 1 aromatic carbocycles. The first-order valence-corrected chi connectivity index (χ1v) is 12.9. The van der Waals surface area contributed by atoms with Crippen LogP contribution in [0.1, 0.15) is 25.8 Å². The van der Waals surface area contributed by atoms with E-state index < -0.39 is 10.0 Å². The lowest BCUT2D eigenvalue weighted by molar-refractivity contribution is -0.134. The van der Waals surface area contributed by atoms with Crippen LogP contribution in [-0.4, -0.2) is 72.3 Å². The minimum absolute atomic E-state index is 0.0712. The Morgan fingerprint density at radius 2 is 1.73 bits per heavy atom. The summed E-state index contributed by atoms with van der Waals surface area (Å²) in [5, 5.41) is 0.829. The minimum Gasteiger partial charge on any atom is -0.353 e. The Morgan fingerprint density at radius 3 is 2.42 bits per heavy atom. The molecule has 33 heavy (non-hydrogen) atoms. The van der Waals surface area contributed by atoms with Crippen molar-refractivity contribution in [1.82, 2.24) is 18.8 Å². The van der Waals surface area contributed by atoms with Crippen LogP contribution in [0.25, 0.3) is 10.9 Å². The molecule has 0 unspecified atom stereocenters. The van der Waals surface area contributed by atoms with E-state index in [4.69, 9.17) is 0 Å². The SMILES string of the molecule is C[C@@H](C(=O)N1CCN(c2ccccn2)CC1)n1ccc2cc(S(=O)(=O)N3CCCC3)ccc21. The number of carbonyl (C=O) groups is 1. The second kappa shape index (κ2) is 8.79. The molecule has 3 aromatic rings. The lowest BCUT2D eigenvalue weighted by Gasteiger charge is -2.36. The number of aromatic nitrogens is 2. The van der Waals surface area contributed by atoms with Crippen LogP contribution in [0.4, 0.5) is 5.82 Å². The highest BCUT2D eigenvalue weighted by molar-refractivity contribution is 7.89. The molecule has 0 saturated carbocycles. The fraction of sp³-hybridized carbons (Fsp3) is 0.417. The van der Waals surface area contributed by atoms with E-state index in [1.165, 1.54) is 0 Å². The normalized spacial score (nSPS) is 18.7. The van der Waals surface area contributed by atoms with Crippen molar-refractivity contribution in [3.63, 3.8) is 0 Å². The van der Waals surface area contributed by atoms with Gasteiger partial charge in [-0.3, -0.25) is 4.79 Å². The average Bonchev–Trinajstić information content (AvgIpc) is 3.54. The van der Waals surface area contributed by atoms with Gasteiger partial charge in [0.05, 0.1) is 4.90 Å². The van der Waals surface area contributed by atoms with Crippen LogP contribution in [0.2, 0.25) is 0 Å². The number of carbonyl (C=O) groups excluding carboxylic acids is 1. The number of pyridine rings is 1. The Hall–Kier alpha value is -2.91. The number of hydrogen-bond acceptors (Lipinski definition) is 5. The van der Waals surface area contributed by atoms with E-state index in [0.29, 0.717) is 31.1 Å². The first-order valence-electron chi connectivity index (χ1n) is 11.5. The number of amides is 1. The summed E-state index contributed by atoms with van der Waals surface area (Å²) in [4.78, 5) is 22.1. The average molecular weight is 468 g/mol. The smallest absolute Gasteiger partial charge is 0.245 e. The Bertz CT molecular complexity index is 1240. The van der Waals surface area contributed by atoms with Crippen molar-refractivity contribution in [2.24, 2.45) is 0 Å². The van der Waals surface area contributed by atoms with Crippen molar-refractivity contribution >= 4 is 32.7 Å². The molecule has 174 valence electrons. The van der Waals surface area contributed by atoms with Crippen LogP contribution < -0.4 is 4.90 Å². The van der Waals surface area contributed by atoms with Crippen LogP contribution in [0.3, 0.4) is 0 Å². The van der Waals surface area contributed by atoms with Crippen molar-refractivity contribution in [2.75, 3.05) is 44.2 Å². The van der Waals surface area contributed by atoms with Gasteiger partial charge >= 0.3 is 0 Å². The predicted octanol–water partition coefficient (Wildman–Crippen LogP) is 2.73. The number of piperazine rings is 1. The molecule has 0 radical (unpaired) electrons. The van der Waals surface area contributed by atoms with Gasteiger partial charge in [-0.25, -0.2) is 13.4 Å². The zero-order valence-corrected chi connectivity index (χ0v) is 19.6. The standard InChI is InChI=1S/C24H29N5O3S/c1-19(24(30)27-16-14-26(15-17-27)23-6-2-3-10-25-23)29-13-9-20-18-21(7-8-22(20)29)33(31,32)28-11-4-5-12-28/h2-3,6-10,13,18-19H,4-5,11-12,14-17H2,1H3/t19-/m0/s1. The maximum Gasteiger partial charge on any atom is 0.245 e. The van der Waals surface area contributed by atoms with Crippen LogP contribution >= 0.6 is 0 Å². The molecule has 1 atom stereocenters. The van der Waals surface area contributed by atoms with Crippen LogP contribution in [-0.2, 0) is 14.8 Å². The Morgan fingerprint density at radius 1 is 0.970 bits per heavy atom. The zero-order chi connectivity index (χ0) is 23.0. The van der Waals surface area contributed by atoms with Crippen LogP contribution in [0, 0.1) is 0 Å². The molecule has 0 N–H and O–H groups in total. The van der Waals surface area contributed by atoms with Crippen molar-refractivity contribution in [3.05, 3.63) is 54.9 Å². The summed E-state index contributed by atoms with van der Waals surface area (Å²) in [5.41, 5.74) is 0.864. The summed E-state index contributed by atoms with van der Waals surface area (Å²) >= 11 is 0. The zero-order valence-electron chi connectivity index (χ0n) is 18.8. The lowest BCUT2D eigenvalue weighted by Crippen LogP contribution is -2.50. The number of sulfonamides is 1. The summed E-state index contributed by atoms with van der Waals surface area (Å²) in [6.45, 7) is 5.87. The summed E-state index contributed by atoms with van der Waals surface area (Å²) in [6, 6.07) is 12.6. The Kier molecular flexibility index (Phi) is 5.84. The van der Waals surface area contributed by atoms with Gasteiger partial charge in [-0.2, -0.15) is 4.31 Å². The molecule has 2 fully saturated rings. The summed E-state index contributed by atoms with van der Waals surface area (Å²) in [5.74, 6) is 1.01. The summed E-state index contributed by atoms with van der Waals surface area (Å²) in [7, 11) is -3.46. The fourth-order valence-electron chi connectivity index (χ4n) is 4.80. The van der Waals surface area contributed by atoms with Gasteiger partial charge in [0.1, 0.15) is 11.9 Å². The third kappa shape index (κ3) is 4.11. The van der Waals surface area contributed by atoms with Crippen molar-refractivity contribution < 1.29 is 13.2 Å². The number of fused-ring (bicyclic) bond motifs is 1. The molecule has 0 aliphatic carbocycles. The summed E-state index contributed by atoms with van der Waals surface area (Å²) < 4.78 is 29.3. The molecule has 4 heterocycles. The van der Waals surface area contributed by atoms with E-state index in [0.717, 1.165) is 42.7 Å². The molecule has 2 aliphatic heterocycles. The highest BCUT2D eigenvalue weighted by atomic mass is 32.2. The van der Waals surface area contributed by atoms with E-state index in [2.05, 4.69) is 9.88 Å².